The normalized spacial score (nSPS) is 19.4. The lowest BCUT2D eigenvalue weighted by molar-refractivity contribution is 0.0745. The molecule has 1 aromatic heterocycles. The Labute approximate surface area is 179 Å². The number of aromatic nitrogens is 1. The maximum atomic E-state index is 6.62. The quantitative estimate of drug-likeness (QED) is 0.605. The molecule has 2 aromatic carbocycles. The van der Waals surface area contributed by atoms with Gasteiger partial charge in [-0.15, -0.1) is 0 Å². The first-order valence-corrected chi connectivity index (χ1v) is 11.0. The first-order chi connectivity index (χ1) is 14.8. The summed E-state index contributed by atoms with van der Waals surface area (Å²) in [6.45, 7) is 4.27. The number of hydrogen-bond donors (Lipinski definition) is 0. The minimum absolute atomic E-state index is 0.143. The van der Waals surface area contributed by atoms with E-state index in [1.54, 1.807) is 7.11 Å². The molecular weight excluding hydrogens is 372 g/mol. The van der Waals surface area contributed by atoms with Crippen LogP contribution in [0.1, 0.15) is 35.8 Å². The van der Waals surface area contributed by atoms with E-state index in [0.29, 0.717) is 5.92 Å². The standard InChI is InChI=1S/C26H30N2O2/c1-29-23-8-4-6-20(18-23)11-15-27-16-12-21(13-17-27)26-24-9-5-14-28(24)19-22-7-2-3-10-25(22)30-26/h2-10,14,18,21,26H,11-13,15-17,19H2,1H3. The molecule has 3 heterocycles. The molecule has 5 rings (SSSR count). The predicted molar refractivity (Wildman–Crippen MR) is 119 cm³/mol. The largest absolute Gasteiger partial charge is 0.497 e. The molecule has 3 aromatic rings. The van der Waals surface area contributed by atoms with Crippen LogP contribution in [0.2, 0.25) is 0 Å². The van der Waals surface area contributed by atoms with Crippen molar-refractivity contribution in [2.75, 3.05) is 26.7 Å². The van der Waals surface area contributed by atoms with Gasteiger partial charge in [0.05, 0.1) is 19.3 Å². The second-order valence-electron chi connectivity index (χ2n) is 8.49. The lowest BCUT2D eigenvalue weighted by atomic mass is 9.89. The zero-order valence-corrected chi connectivity index (χ0v) is 17.7. The summed E-state index contributed by atoms with van der Waals surface area (Å²) in [4.78, 5) is 2.60. The molecule has 156 valence electrons. The first kappa shape index (κ1) is 19.3. The number of nitrogens with zero attached hydrogens (tertiary/aromatic N) is 2. The van der Waals surface area contributed by atoms with Gasteiger partial charge in [0.25, 0.3) is 0 Å². The number of benzene rings is 2. The molecule has 1 fully saturated rings. The van der Waals surface area contributed by atoms with Crippen molar-refractivity contribution in [1.29, 1.82) is 0 Å². The number of rotatable bonds is 5. The maximum Gasteiger partial charge on any atom is 0.141 e. The molecule has 0 bridgehead atoms. The van der Waals surface area contributed by atoms with Gasteiger partial charge in [-0.25, -0.2) is 0 Å². The monoisotopic (exact) mass is 402 g/mol. The van der Waals surface area contributed by atoms with Crippen LogP contribution in [0.5, 0.6) is 11.5 Å². The average molecular weight is 403 g/mol. The zero-order valence-electron chi connectivity index (χ0n) is 17.7. The molecule has 0 aliphatic carbocycles. The molecular formula is C26H30N2O2. The maximum absolute atomic E-state index is 6.62. The molecule has 1 unspecified atom stereocenters. The molecule has 0 radical (unpaired) electrons. The molecule has 30 heavy (non-hydrogen) atoms. The van der Waals surface area contributed by atoms with E-state index in [2.05, 4.69) is 70.3 Å². The fourth-order valence-electron chi connectivity index (χ4n) is 4.89. The fraction of sp³-hybridized carbons (Fsp3) is 0.385. The molecule has 1 saturated heterocycles. The topological polar surface area (TPSA) is 26.6 Å². The van der Waals surface area contributed by atoms with E-state index in [-0.39, 0.29) is 6.10 Å². The van der Waals surface area contributed by atoms with Crippen molar-refractivity contribution in [3.63, 3.8) is 0 Å². The van der Waals surface area contributed by atoms with Gasteiger partial charge in [-0.05, 0) is 68.2 Å². The SMILES string of the molecule is COc1cccc(CCN2CCC(C3Oc4ccccc4Cn4cccc43)CC2)c1. The first-order valence-electron chi connectivity index (χ1n) is 11.0. The highest BCUT2D eigenvalue weighted by Crippen LogP contribution is 2.39. The van der Waals surface area contributed by atoms with E-state index in [1.165, 1.54) is 29.7 Å². The number of hydrogen-bond acceptors (Lipinski definition) is 3. The van der Waals surface area contributed by atoms with Crippen LogP contribution in [0.3, 0.4) is 0 Å². The summed E-state index contributed by atoms with van der Waals surface area (Å²) in [5, 5.41) is 0. The van der Waals surface area contributed by atoms with Crippen LogP contribution >= 0.6 is 0 Å². The van der Waals surface area contributed by atoms with E-state index >= 15 is 0 Å². The Kier molecular flexibility index (Phi) is 5.50. The fourth-order valence-corrected chi connectivity index (χ4v) is 4.89. The van der Waals surface area contributed by atoms with Crippen molar-refractivity contribution >= 4 is 0 Å². The summed E-state index contributed by atoms with van der Waals surface area (Å²) in [6.07, 6.45) is 5.76. The molecule has 0 spiro atoms. The number of piperidine rings is 1. The van der Waals surface area contributed by atoms with Crippen molar-refractivity contribution in [3.05, 3.63) is 83.7 Å². The Hall–Kier alpha value is -2.72. The van der Waals surface area contributed by atoms with E-state index in [9.17, 15) is 0 Å². The van der Waals surface area contributed by atoms with E-state index < -0.39 is 0 Å². The summed E-state index contributed by atoms with van der Waals surface area (Å²) >= 11 is 0. The van der Waals surface area contributed by atoms with Crippen LogP contribution in [-0.4, -0.2) is 36.2 Å². The van der Waals surface area contributed by atoms with Crippen molar-refractivity contribution in [2.24, 2.45) is 5.92 Å². The van der Waals surface area contributed by atoms with Crippen LogP contribution in [0, 0.1) is 5.92 Å². The van der Waals surface area contributed by atoms with Gasteiger partial charge in [-0.2, -0.15) is 0 Å². The minimum atomic E-state index is 0.143. The zero-order chi connectivity index (χ0) is 20.3. The molecule has 0 saturated carbocycles. The lowest BCUT2D eigenvalue weighted by Crippen LogP contribution is -2.38. The molecule has 1 atom stereocenters. The number of fused-ring (bicyclic) bond motifs is 2. The third kappa shape index (κ3) is 3.97. The molecule has 0 N–H and O–H groups in total. The van der Waals surface area contributed by atoms with Crippen molar-refractivity contribution in [3.8, 4) is 11.5 Å². The Morgan fingerprint density at radius 1 is 1.00 bits per heavy atom. The molecule has 0 amide bonds. The Morgan fingerprint density at radius 2 is 1.87 bits per heavy atom. The van der Waals surface area contributed by atoms with Gasteiger partial charge in [-0.3, -0.25) is 0 Å². The van der Waals surface area contributed by atoms with Gasteiger partial charge >= 0.3 is 0 Å². The molecule has 2 aliphatic heterocycles. The third-order valence-corrected chi connectivity index (χ3v) is 6.63. The van der Waals surface area contributed by atoms with Crippen LogP contribution in [-0.2, 0) is 13.0 Å². The van der Waals surface area contributed by atoms with Gasteiger partial charge in [0.2, 0.25) is 0 Å². The minimum Gasteiger partial charge on any atom is -0.497 e. The average Bonchev–Trinajstić information content (AvgIpc) is 3.19. The summed E-state index contributed by atoms with van der Waals surface area (Å²) in [7, 11) is 1.73. The second-order valence-corrected chi connectivity index (χ2v) is 8.49. The van der Waals surface area contributed by atoms with Crippen LogP contribution in [0.4, 0.5) is 0 Å². The van der Waals surface area contributed by atoms with Crippen LogP contribution in [0.15, 0.2) is 66.9 Å². The van der Waals surface area contributed by atoms with E-state index in [4.69, 9.17) is 9.47 Å². The summed E-state index contributed by atoms with van der Waals surface area (Å²) in [6, 6.07) is 21.3. The molecule has 4 heteroatoms. The Balaban J connectivity index is 1.23. The highest BCUT2D eigenvalue weighted by atomic mass is 16.5. The predicted octanol–water partition coefficient (Wildman–Crippen LogP) is 4.93. The van der Waals surface area contributed by atoms with Gasteiger partial charge in [0.15, 0.2) is 0 Å². The number of methoxy groups -OCH3 is 1. The van der Waals surface area contributed by atoms with E-state index in [1.807, 2.05) is 6.07 Å². The van der Waals surface area contributed by atoms with E-state index in [0.717, 1.165) is 44.1 Å². The van der Waals surface area contributed by atoms with Crippen LogP contribution in [0.25, 0.3) is 0 Å². The van der Waals surface area contributed by atoms with Gasteiger partial charge in [0, 0.05) is 24.2 Å². The van der Waals surface area contributed by atoms with Crippen molar-refractivity contribution < 1.29 is 9.47 Å². The Morgan fingerprint density at radius 3 is 2.73 bits per heavy atom. The summed E-state index contributed by atoms with van der Waals surface area (Å²) in [5.74, 6) is 2.55. The number of likely N-dealkylation sites (tertiary alicyclic amines) is 1. The molecule has 4 nitrogen and oxygen atoms in total. The third-order valence-electron chi connectivity index (χ3n) is 6.63. The summed E-state index contributed by atoms with van der Waals surface area (Å²) in [5.41, 5.74) is 3.94. The number of para-hydroxylation sites is 1. The van der Waals surface area contributed by atoms with Crippen LogP contribution < -0.4 is 9.47 Å². The highest BCUT2D eigenvalue weighted by molar-refractivity contribution is 5.36. The Bertz CT molecular complexity index is 988. The lowest BCUT2D eigenvalue weighted by Gasteiger charge is -2.36. The highest BCUT2D eigenvalue weighted by Gasteiger charge is 2.32. The number of ether oxygens (including phenoxy) is 2. The smallest absolute Gasteiger partial charge is 0.141 e. The second kappa shape index (κ2) is 8.57. The van der Waals surface area contributed by atoms with Crippen molar-refractivity contribution in [1.82, 2.24) is 9.47 Å². The van der Waals surface area contributed by atoms with Crippen molar-refractivity contribution in [2.45, 2.75) is 31.9 Å². The van der Waals surface area contributed by atoms with Gasteiger partial charge in [-0.1, -0.05) is 30.3 Å². The van der Waals surface area contributed by atoms with Gasteiger partial charge in [0.1, 0.15) is 17.6 Å². The van der Waals surface area contributed by atoms with Gasteiger partial charge < -0.3 is 18.9 Å². The molecule has 2 aliphatic rings. The summed E-state index contributed by atoms with van der Waals surface area (Å²) < 4.78 is 14.3.